The van der Waals surface area contributed by atoms with Crippen molar-refractivity contribution in [1.82, 2.24) is 4.57 Å². The largest absolute Gasteiger partial charge is 0.497 e. The van der Waals surface area contributed by atoms with Gasteiger partial charge in [0, 0.05) is 12.1 Å². The summed E-state index contributed by atoms with van der Waals surface area (Å²) in [7, 11) is 1.55. The van der Waals surface area contributed by atoms with Gasteiger partial charge in [0.1, 0.15) is 12.4 Å². The van der Waals surface area contributed by atoms with Gasteiger partial charge in [0.25, 0.3) is 11.2 Å². The second-order valence-electron chi connectivity index (χ2n) is 7.59. The number of nitro groups is 1. The van der Waals surface area contributed by atoms with E-state index >= 15 is 0 Å². The van der Waals surface area contributed by atoms with Gasteiger partial charge in [0.05, 0.1) is 33.9 Å². The average Bonchev–Trinajstić information content (AvgIpc) is 3.16. The van der Waals surface area contributed by atoms with Gasteiger partial charge in [0.15, 0.2) is 4.80 Å². The molecule has 0 N–H and O–H groups in total. The first-order valence-corrected chi connectivity index (χ1v) is 11.3. The molecule has 0 fully saturated rings. The van der Waals surface area contributed by atoms with E-state index in [0.717, 1.165) is 11.3 Å². The number of nitro benzene ring substituents is 1. The molecule has 0 saturated carbocycles. The number of esters is 1. The van der Waals surface area contributed by atoms with Crippen LogP contribution in [0.3, 0.4) is 0 Å². The first kappa shape index (κ1) is 23.8. The van der Waals surface area contributed by atoms with Crippen LogP contribution in [0.5, 0.6) is 5.75 Å². The molecule has 35 heavy (non-hydrogen) atoms. The predicted molar refractivity (Wildman–Crippen MR) is 131 cm³/mol. The monoisotopic (exact) mass is 491 g/mol. The summed E-state index contributed by atoms with van der Waals surface area (Å²) in [5, 5.41) is 11.1. The van der Waals surface area contributed by atoms with E-state index in [4.69, 9.17) is 9.47 Å². The molecule has 0 spiro atoms. The molecule has 10 heteroatoms. The lowest BCUT2D eigenvalue weighted by Gasteiger charge is -2.24. The van der Waals surface area contributed by atoms with Crippen LogP contribution in [0.15, 0.2) is 82.2 Å². The van der Waals surface area contributed by atoms with Crippen LogP contribution in [-0.2, 0) is 9.53 Å². The number of non-ortho nitro benzene ring substituents is 1. The lowest BCUT2D eigenvalue weighted by atomic mass is 9.96. The van der Waals surface area contributed by atoms with Crippen molar-refractivity contribution in [3.05, 3.63) is 113 Å². The number of rotatable bonds is 7. The van der Waals surface area contributed by atoms with Gasteiger partial charge in [-0.2, -0.15) is 0 Å². The Balaban J connectivity index is 1.91. The van der Waals surface area contributed by atoms with Crippen molar-refractivity contribution < 1.29 is 19.2 Å². The highest BCUT2D eigenvalue weighted by molar-refractivity contribution is 7.07. The Morgan fingerprint density at radius 3 is 2.69 bits per heavy atom. The van der Waals surface area contributed by atoms with Crippen LogP contribution in [0.4, 0.5) is 5.69 Å². The Hall–Kier alpha value is -4.31. The van der Waals surface area contributed by atoms with Gasteiger partial charge in [-0.1, -0.05) is 48.3 Å². The SMILES string of the molecule is C=CCOC(=O)C1=C(C)N=c2s/c(=C/c3cccc([N+](=O)[O-])c3)c(=O)n2[C@@H]1c1ccc(OC)cc1. The summed E-state index contributed by atoms with van der Waals surface area (Å²) in [6.07, 6.45) is 3.04. The number of ether oxygens (including phenoxy) is 2. The molecule has 3 aromatic rings. The standard InChI is InChI=1S/C25H21N3O6S/c1-4-12-34-24(30)21-15(2)26-25-27(22(21)17-8-10-19(33-3)11-9-17)23(29)20(35-25)14-16-6-5-7-18(13-16)28(31)32/h4-11,13-14,22H,1,12H2,2-3H3/b20-14+/t22-/m1/s1. The van der Waals surface area contributed by atoms with Crippen LogP contribution in [0, 0.1) is 10.1 Å². The number of benzene rings is 2. The second-order valence-corrected chi connectivity index (χ2v) is 8.60. The number of allylic oxidation sites excluding steroid dienone is 1. The van der Waals surface area contributed by atoms with Crippen molar-refractivity contribution in [2.75, 3.05) is 13.7 Å². The van der Waals surface area contributed by atoms with Crippen molar-refractivity contribution in [3.8, 4) is 5.75 Å². The molecule has 0 amide bonds. The zero-order valence-electron chi connectivity index (χ0n) is 19.0. The molecule has 0 saturated heterocycles. The lowest BCUT2D eigenvalue weighted by molar-refractivity contribution is -0.384. The molecule has 0 unspecified atom stereocenters. The molecule has 0 radical (unpaired) electrons. The van der Waals surface area contributed by atoms with Gasteiger partial charge >= 0.3 is 5.97 Å². The van der Waals surface area contributed by atoms with Crippen LogP contribution in [-0.4, -0.2) is 29.2 Å². The first-order valence-electron chi connectivity index (χ1n) is 10.5. The minimum absolute atomic E-state index is 0.0160. The summed E-state index contributed by atoms with van der Waals surface area (Å²) in [5.41, 5.74) is 1.41. The van der Waals surface area contributed by atoms with Crippen LogP contribution < -0.4 is 19.6 Å². The van der Waals surface area contributed by atoms with E-state index in [2.05, 4.69) is 11.6 Å². The summed E-state index contributed by atoms with van der Waals surface area (Å²) in [6.45, 7) is 5.28. The van der Waals surface area contributed by atoms with Crippen LogP contribution in [0.1, 0.15) is 24.1 Å². The van der Waals surface area contributed by atoms with Gasteiger partial charge in [-0.05, 0) is 36.3 Å². The van der Waals surface area contributed by atoms with Gasteiger partial charge < -0.3 is 9.47 Å². The molecule has 1 atom stereocenters. The molecule has 178 valence electrons. The van der Waals surface area contributed by atoms with Crippen LogP contribution >= 0.6 is 11.3 Å². The van der Waals surface area contributed by atoms with E-state index in [9.17, 15) is 19.7 Å². The third-order valence-corrected chi connectivity index (χ3v) is 6.37. The Bertz CT molecular complexity index is 1530. The fourth-order valence-electron chi connectivity index (χ4n) is 3.78. The van der Waals surface area contributed by atoms with Crippen molar-refractivity contribution in [2.45, 2.75) is 13.0 Å². The minimum Gasteiger partial charge on any atom is -0.497 e. The van der Waals surface area contributed by atoms with E-state index in [1.165, 1.54) is 22.8 Å². The summed E-state index contributed by atoms with van der Waals surface area (Å²) in [4.78, 5) is 42.1. The maximum absolute atomic E-state index is 13.6. The van der Waals surface area contributed by atoms with Crippen LogP contribution in [0.25, 0.3) is 6.08 Å². The molecule has 2 heterocycles. The molecule has 1 aromatic heterocycles. The van der Waals surface area contributed by atoms with Crippen molar-refractivity contribution in [3.63, 3.8) is 0 Å². The molecular formula is C25H21N3O6S. The number of fused-ring (bicyclic) bond motifs is 1. The fourth-order valence-corrected chi connectivity index (χ4v) is 4.82. The highest BCUT2D eigenvalue weighted by Crippen LogP contribution is 2.31. The van der Waals surface area contributed by atoms with Crippen molar-refractivity contribution in [2.24, 2.45) is 4.99 Å². The number of methoxy groups -OCH3 is 1. The normalized spacial score (nSPS) is 15.3. The molecule has 2 aromatic carbocycles. The second kappa shape index (κ2) is 9.90. The van der Waals surface area contributed by atoms with Crippen LogP contribution in [0.2, 0.25) is 0 Å². The highest BCUT2D eigenvalue weighted by atomic mass is 32.1. The number of hydrogen-bond donors (Lipinski definition) is 0. The maximum atomic E-state index is 13.6. The third-order valence-electron chi connectivity index (χ3n) is 5.38. The average molecular weight is 492 g/mol. The van der Waals surface area contributed by atoms with Gasteiger partial charge in [-0.25, -0.2) is 9.79 Å². The summed E-state index contributed by atoms with van der Waals surface area (Å²) < 4.78 is 12.3. The quantitative estimate of drug-likeness (QED) is 0.217. The Labute approximate surface area is 203 Å². The minimum atomic E-state index is -0.776. The Morgan fingerprint density at radius 1 is 1.29 bits per heavy atom. The smallest absolute Gasteiger partial charge is 0.338 e. The molecule has 9 nitrogen and oxygen atoms in total. The van der Waals surface area contributed by atoms with E-state index < -0.39 is 16.9 Å². The summed E-state index contributed by atoms with van der Waals surface area (Å²) in [6, 6.07) is 12.3. The number of carbonyl (C=O) groups is 1. The Kier molecular flexibility index (Phi) is 6.74. The zero-order chi connectivity index (χ0) is 25.1. The highest BCUT2D eigenvalue weighted by Gasteiger charge is 2.33. The molecule has 1 aliphatic rings. The molecular weight excluding hydrogens is 470 g/mol. The van der Waals surface area contributed by atoms with Crippen molar-refractivity contribution >= 4 is 29.1 Å². The molecule has 4 rings (SSSR count). The molecule has 1 aliphatic heterocycles. The van der Waals surface area contributed by atoms with Gasteiger partial charge in [-0.15, -0.1) is 0 Å². The predicted octanol–water partition coefficient (Wildman–Crippen LogP) is 2.88. The van der Waals surface area contributed by atoms with Gasteiger partial charge in [0.2, 0.25) is 0 Å². The first-order chi connectivity index (χ1) is 16.8. The number of nitrogens with zero attached hydrogens (tertiary/aromatic N) is 3. The molecule has 0 bridgehead atoms. The van der Waals surface area contributed by atoms with E-state index in [-0.39, 0.29) is 23.4 Å². The number of aromatic nitrogens is 1. The summed E-state index contributed by atoms with van der Waals surface area (Å²) in [5.74, 6) is 0.0308. The number of hydrogen-bond acceptors (Lipinski definition) is 8. The van der Waals surface area contributed by atoms with E-state index in [0.29, 0.717) is 31.9 Å². The fraction of sp³-hybridized carbons (Fsp3) is 0.160. The molecule has 0 aliphatic carbocycles. The van der Waals surface area contributed by atoms with E-state index in [1.807, 2.05) is 0 Å². The Morgan fingerprint density at radius 2 is 2.03 bits per heavy atom. The van der Waals surface area contributed by atoms with Gasteiger partial charge in [-0.3, -0.25) is 19.5 Å². The zero-order valence-corrected chi connectivity index (χ0v) is 19.8. The number of thiazole rings is 1. The van der Waals surface area contributed by atoms with Crippen molar-refractivity contribution in [1.29, 1.82) is 0 Å². The lowest BCUT2D eigenvalue weighted by Crippen LogP contribution is -2.39. The number of carbonyl (C=O) groups excluding carboxylic acids is 1. The van der Waals surface area contributed by atoms with E-state index in [1.54, 1.807) is 56.5 Å². The maximum Gasteiger partial charge on any atom is 0.338 e. The topological polar surface area (TPSA) is 113 Å². The summed E-state index contributed by atoms with van der Waals surface area (Å²) >= 11 is 1.14. The third kappa shape index (κ3) is 4.69.